The van der Waals surface area contributed by atoms with E-state index < -0.39 is 90.3 Å². The number of fused-ring (bicyclic) bond motifs is 5. The lowest BCUT2D eigenvalue weighted by Gasteiger charge is -2.26. The van der Waals surface area contributed by atoms with E-state index in [1.54, 1.807) is 48.7 Å². The van der Waals surface area contributed by atoms with E-state index in [4.69, 9.17) is 34.5 Å². The van der Waals surface area contributed by atoms with Crippen LogP contribution in [-0.2, 0) is 49.6 Å². The van der Waals surface area contributed by atoms with Crippen LogP contribution in [0.1, 0.15) is 49.5 Å². The molecule has 22 nitrogen and oxygen atoms in total. The molecule has 2 amide bonds. The molecule has 25 heteroatoms. The van der Waals surface area contributed by atoms with Gasteiger partial charge >= 0.3 is 17.0 Å². The predicted octanol–water partition coefficient (Wildman–Crippen LogP) is 1.23. The van der Waals surface area contributed by atoms with E-state index in [0.717, 1.165) is 0 Å². The minimum Gasteiger partial charge on any atom is -0.351 e. The van der Waals surface area contributed by atoms with Gasteiger partial charge in [0.2, 0.25) is 11.9 Å². The zero-order valence-electron chi connectivity index (χ0n) is 29.4. The molecule has 3 aliphatic heterocycles. The molecule has 3 saturated heterocycles. The number of carbonyl (C=O) groups is 2. The fourth-order valence-corrected chi connectivity index (χ4v) is 8.91. The van der Waals surface area contributed by atoms with Gasteiger partial charge in [0.25, 0.3) is 11.5 Å². The Hall–Kier alpha value is -4.62. The smallest absolute Gasteiger partial charge is 0.336 e. The van der Waals surface area contributed by atoms with Gasteiger partial charge in [-0.1, -0.05) is 32.0 Å². The molecule has 3 aliphatic rings. The summed E-state index contributed by atoms with van der Waals surface area (Å²) in [6.45, 7) is -1.64. The van der Waals surface area contributed by atoms with E-state index >= 15 is 0 Å². The van der Waals surface area contributed by atoms with Gasteiger partial charge < -0.3 is 28.7 Å². The van der Waals surface area contributed by atoms with Crippen LogP contribution in [0.25, 0.3) is 22.3 Å². The fraction of sp³-hybridized carbons (Fsp3) is 0.419. The molecule has 296 valence electrons. The van der Waals surface area contributed by atoms with Crippen LogP contribution in [0, 0.1) is 5.92 Å². The highest BCUT2D eigenvalue weighted by molar-refractivity contribution is 8.07. The predicted molar refractivity (Wildman–Crippen MR) is 198 cm³/mol. The molecule has 1 aromatic carbocycles. The summed E-state index contributed by atoms with van der Waals surface area (Å²) in [6, 6.07) is 7.59. The number of nitrogens with zero attached hydrogens (tertiary/aromatic N) is 7. The Balaban J connectivity index is 1.03. The third-order valence-electron chi connectivity index (χ3n) is 9.17. The Morgan fingerprint density at radius 1 is 0.982 bits per heavy atom. The minimum atomic E-state index is -4.45. The van der Waals surface area contributed by atoms with Gasteiger partial charge in [0.15, 0.2) is 34.4 Å². The molecule has 5 N–H and O–H groups in total. The first kappa shape index (κ1) is 38.3. The molecule has 56 heavy (non-hydrogen) atoms. The summed E-state index contributed by atoms with van der Waals surface area (Å²) in [5.41, 5.74) is 0.234. The van der Waals surface area contributed by atoms with E-state index in [0.29, 0.717) is 5.56 Å². The number of ether oxygens (including phenoxy) is 2. The van der Waals surface area contributed by atoms with Crippen LogP contribution in [0.2, 0.25) is 0 Å². The highest BCUT2D eigenvalue weighted by Gasteiger charge is 2.45. The Morgan fingerprint density at radius 3 is 2.54 bits per heavy atom. The lowest BCUT2D eigenvalue weighted by atomic mass is 10.1. The molecule has 4 aromatic heterocycles. The molecule has 0 radical (unpaired) electrons. The topological polar surface area (TPSA) is 278 Å². The molecular formula is C31H34N11O11PS2. The standard InChI is InChI=1S/C31H34N11O11PS2/c1-15(2)27(43)38-31-37-26-23(29(45)39-31)35-14-42(26)30-19-8-17(51-30)10-50-56(47,48)40-18-9-21(52-20(18)11-49-54(46,55)53-19)41-13-34-22-24(32-12-33-25(22)41)36-28(44)16-6-4-3-5-7-16/h3-7,12-15,17-21,30,40H,8-11H2,1-2H3,(H,46,55)(H,32,33,36,44)(H2,37,38,39,43,45)/t17-,18-,19+,20+,21+,30+,54?/m0/s1. The maximum atomic E-state index is 13.3. The van der Waals surface area contributed by atoms with E-state index in [2.05, 4.69) is 45.3 Å². The summed E-state index contributed by atoms with van der Waals surface area (Å²) < 4.78 is 61.5. The van der Waals surface area contributed by atoms with Crippen LogP contribution in [-0.4, -0.2) is 102 Å². The minimum absolute atomic E-state index is 0.00627. The van der Waals surface area contributed by atoms with Gasteiger partial charge in [-0.25, -0.2) is 19.9 Å². The number of aromatic amines is 1. The molecule has 3 fully saturated rings. The Labute approximate surface area is 321 Å². The number of H-pyrrole nitrogens is 1. The summed E-state index contributed by atoms with van der Waals surface area (Å²) in [4.78, 5) is 73.2. The Kier molecular flexibility index (Phi) is 10.3. The van der Waals surface area contributed by atoms with Gasteiger partial charge in [0, 0.05) is 24.3 Å². The first-order chi connectivity index (χ1) is 26.7. The van der Waals surface area contributed by atoms with Crippen molar-refractivity contribution in [1.29, 1.82) is 0 Å². The molecule has 2 bridgehead atoms. The monoisotopic (exact) mass is 831 g/mol. The molecule has 0 spiro atoms. The molecule has 0 saturated carbocycles. The number of hydrogen-bond acceptors (Lipinski definition) is 16. The van der Waals surface area contributed by atoms with Gasteiger partial charge in [-0.3, -0.25) is 38.0 Å². The molecule has 7 atom stereocenters. The third-order valence-corrected chi connectivity index (χ3v) is 11.8. The number of benzene rings is 1. The number of aromatic nitrogens is 8. The summed E-state index contributed by atoms with van der Waals surface area (Å²) in [6.07, 6.45) is -1.06. The van der Waals surface area contributed by atoms with Crippen LogP contribution in [0.4, 0.5) is 11.8 Å². The summed E-state index contributed by atoms with van der Waals surface area (Å²) in [7, 11) is -4.45. The molecule has 1 unspecified atom stereocenters. The van der Waals surface area contributed by atoms with Crippen molar-refractivity contribution < 1.29 is 45.6 Å². The van der Waals surface area contributed by atoms with Gasteiger partial charge in [0.1, 0.15) is 24.8 Å². The first-order valence-electron chi connectivity index (χ1n) is 17.2. The largest absolute Gasteiger partial charge is 0.351 e. The first-order valence-corrected chi connectivity index (χ1v) is 21.2. The number of nitrogens with one attached hydrogen (secondary N) is 4. The van der Waals surface area contributed by atoms with Gasteiger partial charge in [0.05, 0.1) is 38.0 Å². The van der Waals surface area contributed by atoms with Gasteiger partial charge in [-0.15, -0.1) is 0 Å². The number of carbonyl (C=O) groups excluding carboxylic acids is 2. The quantitative estimate of drug-likeness (QED) is 0.151. The zero-order chi connectivity index (χ0) is 39.4. The van der Waals surface area contributed by atoms with Crippen LogP contribution < -0.4 is 20.9 Å². The van der Waals surface area contributed by atoms with Crippen LogP contribution in [0.5, 0.6) is 0 Å². The van der Waals surface area contributed by atoms with Crippen molar-refractivity contribution in [3.63, 3.8) is 0 Å². The zero-order valence-corrected chi connectivity index (χ0v) is 31.9. The number of imidazole rings is 2. The Morgan fingerprint density at radius 2 is 1.75 bits per heavy atom. The summed E-state index contributed by atoms with van der Waals surface area (Å²) in [5, 5.41) is 5.28. The summed E-state index contributed by atoms with van der Waals surface area (Å²) in [5.74, 6) is -1.19. The fourth-order valence-electron chi connectivity index (χ4n) is 6.45. The van der Waals surface area contributed by atoms with Crippen molar-refractivity contribution in [2.24, 2.45) is 5.92 Å². The van der Waals surface area contributed by atoms with Gasteiger partial charge in [-0.2, -0.15) is 18.1 Å². The maximum Gasteiger partial charge on any atom is 0.336 e. The number of anilines is 2. The molecule has 0 aliphatic carbocycles. The van der Waals surface area contributed by atoms with Gasteiger partial charge in [-0.05, 0) is 23.9 Å². The van der Waals surface area contributed by atoms with E-state index in [9.17, 15) is 27.7 Å². The third kappa shape index (κ3) is 7.84. The molecule has 5 aromatic rings. The average molecular weight is 832 g/mol. The van der Waals surface area contributed by atoms with Crippen molar-refractivity contribution >= 4 is 74.7 Å². The normalized spacial score (nSPS) is 28.0. The SMILES string of the molecule is CC(C)C(=O)Nc1nc2c(ncn2[C@@H]2O[C@@H]3COS(=O)(=O)N[C@H]4C[C@H](n5cnc6c(NC(=O)c7ccccc7)ncnc65)O[C@@H]4COP(O)(=S)O[C@@H]2C3)c(=O)[nH]1. The average Bonchev–Trinajstić information content (AvgIpc) is 3.95. The lowest BCUT2D eigenvalue weighted by Crippen LogP contribution is -2.43. The van der Waals surface area contributed by atoms with Crippen molar-refractivity contribution in [3.8, 4) is 0 Å². The van der Waals surface area contributed by atoms with Crippen molar-refractivity contribution in [3.05, 3.63) is 65.2 Å². The number of rotatable bonds is 6. The van der Waals surface area contributed by atoms with Crippen LogP contribution >= 0.6 is 6.72 Å². The second-order valence-corrected chi connectivity index (χ2v) is 17.5. The van der Waals surface area contributed by atoms with Crippen molar-refractivity contribution in [2.75, 3.05) is 23.8 Å². The van der Waals surface area contributed by atoms with Crippen molar-refractivity contribution in [1.82, 2.24) is 43.8 Å². The second-order valence-electron chi connectivity index (χ2n) is 13.4. The molecular weight excluding hydrogens is 798 g/mol. The molecule has 7 heterocycles. The van der Waals surface area contributed by atoms with E-state index in [-0.39, 0.29) is 46.9 Å². The van der Waals surface area contributed by atoms with Crippen LogP contribution in [0.15, 0.2) is 54.1 Å². The van der Waals surface area contributed by atoms with Crippen LogP contribution in [0.3, 0.4) is 0 Å². The lowest BCUT2D eigenvalue weighted by molar-refractivity contribution is -0.118. The van der Waals surface area contributed by atoms with Crippen molar-refractivity contribution in [2.45, 2.75) is 63.5 Å². The Bertz CT molecular complexity index is 2530. The number of amides is 2. The second kappa shape index (κ2) is 15.0. The summed E-state index contributed by atoms with van der Waals surface area (Å²) >= 11 is 5.40. The highest BCUT2D eigenvalue weighted by Crippen LogP contribution is 2.50. The highest BCUT2D eigenvalue weighted by atomic mass is 32.5. The number of hydrogen-bond donors (Lipinski definition) is 5. The molecule has 8 rings (SSSR count). The van der Waals surface area contributed by atoms with E-state index in [1.807, 2.05) is 0 Å². The van der Waals surface area contributed by atoms with E-state index in [1.165, 1.54) is 23.5 Å². The maximum absolute atomic E-state index is 13.3.